The Morgan fingerprint density at radius 1 is 1.40 bits per heavy atom. The van der Waals surface area contributed by atoms with Crippen molar-refractivity contribution in [2.24, 2.45) is 11.8 Å². The molecule has 0 aromatic heterocycles. The quantitative estimate of drug-likeness (QED) is 0.762. The number of carboxylic acids is 1. The third-order valence-electron chi connectivity index (χ3n) is 3.50. The number of hydrogen-bond donors (Lipinski definition) is 1. The second-order valence-electron chi connectivity index (χ2n) is 4.70. The van der Waals surface area contributed by atoms with Gasteiger partial charge in [-0.05, 0) is 19.9 Å². The highest BCUT2D eigenvalue weighted by atomic mass is 16.5. The average Bonchev–Trinajstić information content (AvgIpc) is 2.63. The average molecular weight is 215 g/mol. The minimum atomic E-state index is -0.750. The summed E-state index contributed by atoms with van der Waals surface area (Å²) in [6.45, 7) is 7.29. The van der Waals surface area contributed by atoms with E-state index in [0.29, 0.717) is 25.2 Å². The molecule has 4 nitrogen and oxygen atoms in total. The van der Waals surface area contributed by atoms with Crippen molar-refractivity contribution in [1.82, 2.24) is 4.90 Å². The molecule has 0 radical (unpaired) electrons. The predicted molar refractivity (Wildman–Crippen MR) is 57.8 cm³/mol. The van der Waals surface area contributed by atoms with Crippen molar-refractivity contribution in [3.63, 3.8) is 0 Å². The van der Waals surface area contributed by atoms with Crippen LogP contribution >= 0.6 is 0 Å². The van der Waals surface area contributed by atoms with Crippen LogP contribution in [0.4, 0.5) is 0 Å². The summed E-state index contributed by atoms with van der Waals surface area (Å²) < 4.78 is 5.26. The van der Waals surface area contributed by atoms with Crippen LogP contribution in [0.2, 0.25) is 0 Å². The van der Waals surface area contributed by atoms with Crippen molar-refractivity contribution < 1.29 is 14.6 Å². The molecule has 0 aromatic carbocycles. The van der Waals surface area contributed by atoms with E-state index in [9.17, 15) is 4.79 Å². The minimum Gasteiger partial charge on any atom is -0.481 e. The van der Waals surface area contributed by atoms with Crippen molar-refractivity contribution in [1.29, 1.82) is 0 Å². The molecular formula is C11H21NO3. The van der Waals surface area contributed by atoms with Crippen molar-refractivity contribution in [3.8, 4) is 0 Å². The zero-order valence-corrected chi connectivity index (χ0v) is 9.93. The van der Waals surface area contributed by atoms with Crippen molar-refractivity contribution in [2.75, 3.05) is 20.3 Å². The summed E-state index contributed by atoms with van der Waals surface area (Å²) in [5.74, 6) is -0.610. The normalized spacial score (nSPS) is 28.7. The summed E-state index contributed by atoms with van der Waals surface area (Å²) in [7, 11) is 1.99. The van der Waals surface area contributed by atoms with E-state index in [-0.39, 0.29) is 12.0 Å². The second kappa shape index (κ2) is 4.94. The third kappa shape index (κ3) is 2.69. The highest BCUT2D eigenvalue weighted by Crippen LogP contribution is 2.22. The van der Waals surface area contributed by atoms with Gasteiger partial charge in [0.25, 0.3) is 0 Å². The Balaban J connectivity index is 2.65. The molecule has 0 bridgehead atoms. The fraction of sp³-hybridized carbons (Fsp3) is 0.909. The van der Waals surface area contributed by atoms with E-state index < -0.39 is 5.97 Å². The Morgan fingerprint density at radius 3 is 2.47 bits per heavy atom. The first-order chi connectivity index (χ1) is 6.95. The lowest BCUT2D eigenvalue weighted by Gasteiger charge is -2.34. The third-order valence-corrected chi connectivity index (χ3v) is 3.50. The fourth-order valence-corrected chi connectivity index (χ4v) is 1.95. The van der Waals surface area contributed by atoms with Crippen molar-refractivity contribution in [2.45, 2.75) is 32.9 Å². The largest absolute Gasteiger partial charge is 0.481 e. The zero-order chi connectivity index (χ0) is 11.6. The van der Waals surface area contributed by atoms with Gasteiger partial charge in [-0.1, -0.05) is 13.8 Å². The Labute approximate surface area is 91.2 Å². The summed E-state index contributed by atoms with van der Waals surface area (Å²) >= 11 is 0. The maximum absolute atomic E-state index is 11.0. The Kier molecular flexibility index (Phi) is 4.11. The van der Waals surface area contributed by atoms with E-state index in [1.807, 2.05) is 7.05 Å². The van der Waals surface area contributed by atoms with Crippen LogP contribution in [0, 0.1) is 11.8 Å². The minimum absolute atomic E-state index is 0.0138. The van der Waals surface area contributed by atoms with Crippen LogP contribution in [-0.4, -0.2) is 48.3 Å². The molecule has 4 heteroatoms. The number of nitrogens with zero attached hydrogens (tertiary/aromatic N) is 1. The number of carboxylic acid groups (broad SMARTS) is 1. The van der Waals surface area contributed by atoms with Crippen LogP contribution in [0.1, 0.15) is 20.8 Å². The molecule has 0 amide bonds. The molecule has 0 aliphatic carbocycles. The van der Waals surface area contributed by atoms with Crippen LogP contribution in [-0.2, 0) is 9.53 Å². The molecule has 1 aliphatic rings. The molecule has 1 rings (SSSR count). The Bertz CT molecular complexity index is 230. The van der Waals surface area contributed by atoms with E-state index in [1.54, 1.807) is 0 Å². The molecule has 1 aliphatic heterocycles. The molecule has 88 valence electrons. The molecule has 1 saturated heterocycles. The number of rotatable bonds is 4. The van der Waals surface area contributed by atoms with Gasteiger partial charge >= 0.3 is 5.97 Å². The number of ether oxygens (including phenoxy) is 1. The zero-order valence-electron chi connectivity index (χ0n) is 9.93. The van der Waals surface area contributed by atoms with E-state index in [4.69, 9.17) is 9.84 Å². The summed E-state index contributed by atoms with van der Waals surface area (Å²) in [6.07, 6.45) is 0. The topological polar surface area (TPSA) is 49.8 Å². The number of carbonyl (C=O) groups is 1. The van der Waals surface area contributed by atoms with Crippen LogP contribution in [0.25, 0.3) is 0 Å². The van der Waals surface area contributed by atoms with E-state index in [0.717, 1.165) is 0 Å². The van der Waals surface area contributed by atoms with E-state index in [2.05, 4.69) is 25.7 Å². The SMILES string of the molecule is CC(C)C(C)N(C)C1COCC1C(=O)O. The van der Waals surface area contributed by atoms with Crippen LogP contribution < -0.4 is 0 Å². The lowest BCUT2D eigenvalue weighted by Crippen LogP contribution is -2.46. The summed E-state index contributed by atoms with van der Waals surface area (Å²) in [5.41, 5.74) is 0. The van der Waals surface area contributed by atoms with Crippen LogP contribution in [0.15, 0.2) is 0 Å². The van der Waals surface area contributed by atoms with E-state index in [1.165, 1.54) is 0 Å². The maximum atomic E-state index is 11.0. The van der Waals surface area contributed by atoms with Gasteiger partial charge in [-0.15, -0.1) is 0 Å². The molecule has 0 saturated carbocycles. The molecular weight excluding hydrogens is 194 g/mol. The van der Waals surface area contributed by atoms with Gasteiger partial charge in [0.1, 0.15) is 0 Å². The van der Waals surface area contributed by atoms with Gasteiger partial charge in [0.05, 0.1) is 19.1 Å². The molecule has 1 N–H and O–H groups in total. The molecule has 3 atom stereocenters. The van der Waals surface area contributed by atoms with Crippen LogP contribution in [0.5, 0.6) is 0 Å². The molecule has 3 unspecified atom stereocenters. The van der Waals surface area contributed by atoms with Gasteiger partial charge in [-0.25, -0.2) is 0 Å². The fourth-order valence-electron chi connectivity index (χ4n) is 1.95. The Morgan fingerprint density at radius 2 is 2.00 bits per heavy atom. The first-order valence-corrected chi connectivity index (χ1v) is 5.47. The summed E-state index contributed by atoms with van der Waals surface area (Å²) in [4.78, 5) is 13.1. The Hall–Kier alpha value is -0.610. The van der Waals surface area contributed by atoms with Gasteiger partial charge in [-0.2, -0.15) is 0 Å². The van der Waals surface area contributed by atoms with Crippen molar-refractivity contribution in [3.05, 3.63) is 0 Å². The van der Waals surface area contributed by atoms with Gasteiger partial charge < -0.3 is 9.84 Å². The van der Waals surface area contributed by atoms with Crippen LogP contribution in [0.3, 0.4) is 0 Å². The highest BCUT2D eigenvalue weighted by Gasteiger charge is 2.38. The second-order valence-corrected chi connectivity index (χ2v) is 4.70. The number of aliphatic carboxylic acids is 1. The maximum Gasteiger partial charge on any atom is 0.310 e. The first-order valence-electron chi connectivity index (χ1n) is 5.47. The molecule has 1 fully saturated rings. The summed E-state index contributed by atoms with van der Waals surface area (Å²) in [6, 6.07) is 0.387. The van der Waals surface area contributed by atoms with Crippen molar-refractivity contribution >= 4 is 5.97 Å². The molecule has 15 heavy (non-hydrogen) atoms. The van der Waals surface area contributed by atoms with Gasteiger partial charge in [-0.3, -0.25) is 9.69 Å². The molecule has 0 spiro atoms. The lowest BCUT2D eigenvalue weighted by atomic mass is 9.97. The number of hydrogen-bond acceptors (Lipinski definition) is 3. The monoisotopic (exact) mass is 215 g/mol. The predicted octanol–water partition coefficient (Wildman–Crippen LogP) is 1.06. The van der Waals surface area contributed by atoms with Gasteiger partial charge in [0, 0.05) is 12.1 Å². The smallest absolute Gasteiger partial charge is 0.310 e. The van der Waals surface area contributed by atoms with Gasteiger partial charge in [0.2, 0.25) is 0 Å². The van der Waals surface area contributed by atoms with E-state index >= 15 is 0 Å². The summed E-state index contributed by atoms with van der Waals surface area (Å²) in [5, 5.41) is 9.05. The molecule has 1 heterocycles. The lowest BCUT2D eigenvalue weighted by molar-refractivity contribution is -0.143. The highest BCUT2D eigenvalue weighted by molar-refractivity contribution is 5.71. The van der Waals surface area contributed by atoms with Gasteiger partial charge in [0.15, 0.2) is 0 Å². The molecule has 0 aromatic rings. The number of likely N-dealkylation sites (N-methyl/N-ethyl adjacent to an activating group) is 1. The standard InChI is InChI=1S/C11H21NO3/c1-7(2)8(3)12(4)10-6-15-5-9(10)11(13)14/h7-10H,5-6H2,1-4H3,(H,13,14). The first kappa shape index (κ1) is 12.5.